The third kappa shape index (κ3) is 6.94. The molecule has 0 rings (SSSR count). The Kier molecular flexibility index (Phi) is 6.75. The summed E-state index contributed by atoms with van der Waals surface area (Å²) >= 11 is 0. The van der Waals surface area contributed by atoms with Crippen molar-refractivity contribution in [3.8, 4) is 0 Å². The van der Waals surface area contributed by atoms with Crippen LogP contribution < -0.4 is 10.6 Å². The smallest absolute Gasteiger partial charge is 0.239 e. The second-order valence-corrected chi connectivity index (χ2v) is 4.12. The summed E-state index contributed by atoms with van der Waals surface area (Å²) in [6.45, 7) is 7.73. The molecule has 1 unspecified atom stereocenters. The summed E-state index contributed by atoms with van der Waals surface area (Å²) < 4.78 is 0. The van der Waals surface area contributed by atoms with Crippen molar-refractivity contribution in [2.45, 2.75) is 46.6 Å². The predicted octanol–water partition coefficient (Wildman–Crippen LogP) is 1.06. The fourth-order valence-corrected chi connectivity index (χ4v) is 1.35. The zero-order chi connectivity index (χ0) is 11.8. The highest BCUT2D eigenvalue weighted by Gasteiger charge is 2.14. The predicted molar refractivity (Wildman–Crippen MR) is 60.4 cm³/mol. The Morgan fingerprint density at radius 2 is 1.87 bits per heavy atom. The topological polar surface area (TPSA) is 58.2 Å². The molecule has 0 aromatic heterocycles. The van der Waals surface area contributed by atoms with E-state index in [2.05, 4.69) is 31.4 Å². The summed E-state index contributed by atoms with van der Waals surface area (Å²) in [4.78, 5) is 22.0. The van der Waals surface area contributed by atoms with E-state index in [-0.39, 0.29) is 24.4 Å². The van der Waals surface area contributed by atoms with Crippen LogP contribution in [0.3, 0.4) is 0 Å². The van der Waals surface area contributed by atoms with Crippen LogP contribution in [0, 0.1) is 5.92 Å². The van der Waals surface area contributed by atoms with Gasteiger partial charge in [-0.25, -0.2) is 0 Å². The van der Waals surface area contributed by atoms with Crippen LogP contribution in [-0.2, 0) is 9.59 Å². The molecule has 4 heteroatoms. The molecular formula is C11H22N2O2. The molecule has 0 spiro atoms. The Bertz CT molecular complexity index is 215. The van der Waals surface area contributed by atoms with Gasteiger partial charge in [0, 0.05) is 13.0 Å². The van der Waals surface area contributed by atoms with E-state index in [9.17, 15) is 9.59 Å². The van der Waals surface area contributed by atoms with E-state index in [1.165, 1.54) is 6.92 Å². The first kappa shape index (κ1) is 13.9. The fourth-order valence-electron chi connectivity index (χ4n) is 1.35. The van der Waals surface area contributed by atoms with Crippen LogP contribution in [0.15, 0.2) is 0 Å². The van der Waals surface area contributed by atoms with Crippen LogP contribution in [0.25, 0.3) is 0 Å². The minimum absolute atomic E-state index is 0.0717. The summed E-state index contributed by atoms with van der Waals surface area (Å²) in [5.74, 6) is 0.130. The summed E-state index contributed by atoms with van der Waals surface area (Å²) in [7, 11) is 0. The molecular weight excluding hydrogens is 192 g/mol. The number of nitrogens with one attached hydrogen (secondary N) is 2. The second-order valence-electron chi connectivity index (χ2n) is 4.12. The fraction of sp³-hybridized carbons (Fsp3) is 0.818. The van der Waals surface area contributed by atoms with Crippen molar-refractivity contribution in [3.63, 3.8) is 0 Å². The Morgan fingerprint density at radius 1 is 1.27 bits per heavy atom. The Labute approximate surface area is 91.8 Å². The van der Waals surface area contributed by atoms with Crippen LogP contribution in [-0.4, -0.2) is 24.4 Å². The highest BCUT2D eigenvalue weighted by molar-refractivity contribution is 5.83. The molecule has 2 amide bonds. The average Bonchev–Trinajstić information content (AvgIpc) is 2.14. The lowest BCUT2D eigenvalue weighted by atomic mass is 10.00. The Hall–Kier alpha value is -1.06. The Morgan fingerprint density at radius 3 is 2.27 bits per heavy atom. The molecule has 0 saturated carbocycles. The molecule has 15 heavy (non-hydrogen) atoms. The third-order valence-electron chi connectivity index (χ3n) is 2.25. The molecule has 2 N–H and O–H groups in total. The first-order valence-electron chi connectivity index (χ1n) is 5.51. The van der Waals surface area contributed by atoms with Crippen molar-refractivity contribution in [1.29, 1.82) is 0 Å². The van der Waals surface area contributed by atoms with Gasteiger partial charge < -0.3 is 10.6 Å². The minimum Gasteiger partial charge on any atom is -0.352 e. The zero-order valence-electron chi connectivity index (χ0n) is 10.1. The molecule has 1 atom stereocenters. The van der Waals surface area contributed by atoms with E-state index in [4.69, 9.17) is 0 Å². The van der Waals surface area contributed by atoms with Gasteiger partial charge in [-0.15, -0.1) is 0 Å². The molecule has 0 fully saturated rings. The van der Waals surface area contributed by atoms with Crippen LogP contribution >= 0.6 is 0 Å². The Balaban J connectivity index is 3.94. The standard InChI is InChI=1S/C11H22N2O2/c1-5-6-10(8(2)3)13-11(15)7-12-9(4)14/h8,10H,5-7H2,1-4H3,(H,12,14)(H,13,15). The highest BCUT2D eigenvalue weighted by atomic mass is 16.2. The van der Waals surface area contributed by atoms with Crippen molar-refractivity contribution >= 4 is 11.8 Å². The number of hydrogen-bond donors (Lipinski definition) is 2. The molecule has 0 aliphatic rings. The van der Waals surface area contributed by atoms with Gasteiger partial charge in [-0.1, -0.05) is 27.2 Å². The highest BCUT2D eigenvalue weighted by Crippen LogP contribution is 2.07. The van der Waals surface area contributed by atoms with Crippen LogP contribution in [0.4, 0.5) is 0 Å². The molecule has 0 aromatic rings. The first-order chi connectivity index (χ1) is 6.97. The van der Waals surface area contributed by atoms with Crippen molar-refractivity contribution in [2.75, 3.05) is 6.54 Å². The van der Waals surface area contributed by atoms with Gasteiger partial charge in [0.15, 0.2) is 0 Å². The van der Waals surface area contributed by atoms with Gasteiger partial charge in [-0.05, 0) is 12.3 Å². The second kappa shape index (κ2) is 7.26. The normalized spacial score (nSPS) is 12.3. The van der Waals surface area contributed by atoms with Crippen molar-refractivity contribution < 1.29 is 9.59 Å². The van der Waals surface area contributed by atoms with Crippen molar-refractivity contribution in [3.05, 3.63) is 0 Å². The molecule has 0 bridgehead atoms. The molecule has 0 radical (unpaired) electrons. The van der Waals surface area contributed by atoms with E-state index in [0.29, 0.717) is 5.92 Å². The van der Waals surface area contributed by atoms with Crippen molar-refractivity contribution in [2.24, 2.45) is 5.92 Å². The minimum atomic E-state index is -0.179. The number of rotatable bonds is 6. The molecule has 0 aliphatic heterocycles. The van der Waals surface area contributed by atoms with Gasteiger partial charge >= 0.3 is 0 Å². The van der Waals surface area contributed by atoms with E-state index in [1.807, 2.05) is 0 Å². The molecule has 0 saturated heterocycles. The summed E-state index contributed by atoms with van der Waals surface area (Å²) in [6, 6.07) is 0.205. The summed E-state index contributed by atoms with van der Waals surface area (Å²) in [5.41, 5.74) is 0. The van der Waals surface area contributed by atoms with Gasteiger partial charge in [-0.2, -0.15) is 0 Å². The lowest BCUT2D eigenvalue weighted by molar-refractivity contribution is -0.125. The molecule has 0 aromatic carbocycles. The quantitative estimate of drug-likeness (QED) is 0.694. The van der Waals surface area contributed by atoms with Gasteiger partial charge in [0.05, 0.1) is 6.54 Å². The first-order valence-corrected chi connectivity index (χ1v) is 5.51. The summed E-state index contributed by atoms with van der Waals surface area (Å²) in [5, 5.41) is 5.40. The molecule has 4 nitrogen and oxygen atoms in total. The van der Waals surface area contributed by atoms with Gasteiger partial charge in [0.2, 0.25) is 11.8 Å². The van der Waals surface area contributed by atoms with Crippen molar-refractivity contribution in [1.82, 2.24) is 10.6 Å². The molecule has 0 aliphatic carbocycles. The van der Waals surface area contributed by atoms with Crippen LogP contribution in [0.5, 0.6) is 0 Å². The molecule has 88 valence electrons. The van der Waals surface area contributed by atoms with E-state index in [1.54, 1.807) is 0 Å². The number of carbonyl (C=O) groups is 2. The maximum Gasteiger partial charge on any atom is 0.239 e. The number of hydrogen-bond acceptors (Lipinski definition) is 2. The maximum atomic E-state index is 11.4. The zero-order valence-corrected chi connectivity index (χ0v) is 10.1. The van der Waals surface area contributed by atoms with Crippen LogP contribution in [0.2, 0.25) is 0 Å². The number of amides is 2. The maximum absolute atomic E-state index is 11.4. The van der Waals surface area contributed by atoms with Crippen LogP contribution in [0.1, 0.15) is 40.5 Å². The lowest BCUT2D eigenvalue weighted by Crippen LogP contribution is -2.43. The van der Waals surface area contributed by atoms with E-state index < -0.39 is 0 Å². The largest absolute Gasteiger partial charge is 0.352 e. The average molecular weight is 214 g/mol. The van der Waals surface area contributed by atoms with Gasteiger partial charge in [-0.3, -0.25) is 9.59 Å². The number of carbonyl (C=O) groups excluding carboxylic acids is 2. The van der Waals surface area contributed by atoms with Gasteiger partial charge in [0.1, 0.15) is 0 Å². The van der Waals surface area contributed by atoms with E-state index >= 15 is 0 Å². The van der Waals surface area contributed by atoms with Gasteiger partial charge in [0.25, 0.3) is 0 Å². The monoisotopic (exact) mass is 214 g/mol. The lowest BCUT2D eigenvalue weighted by Gasteiger charge is -2.21. The van der Waals surface area contributed by atoms with E-state index in [0.717, 1.165) is 12.8 Å². The summed E-state index contributed by atoms with van der Waals surface area (Å²) in [6.07, 6.45) is 2.02. The SMILES string of the molecule is CCCC(NC(=O)CNC(C)=O)C(C)C. The third-order valence-corrected chi connectivity index (χ3v) is 2.25. The molecule has 0 heterocycles.